The van der Waals surface area contributed by atoms with E-state index < -0.39 is 5.97 Å². The Morgan fingerprint density at radius 2 is 2.15 bits per heavy atom. The van der Waals surface area contributed by atoms with Gasteiger partial charge in [0.2, 0.25) is 5.91 Å². The summed E-state index contributed by atoms with van der Waals surface area (Å²) in [6.45, 7) is 4.69. The highest BCUT2D eigenvalue weighted by Gasteiger charge is 2.20. The molecular weight excluding hydrogens is 264 g/mol. The highest BCUT2D eigenvalue weighted by atomic mass is 16.5. The Morgan fingerprint density at radius 1 is 1.45 bits per heavy atom. The number of aromatic nitrogens is 3. The molecule has 0 bridgehead atoms. The predicted octanol–water partition coefficient (Wildman–Crippen LogP) is -0.0626. The fourth-order valence-electron chi connectivity index (χ4n) is 1.70. The number of aromatic carboxylic acids is 1. The van der Waals surface area contributed by atoms with Gasteiger partial charge in [-0.2, -0.15) is 0 Å². The van der Waals surface area contributed by atoms with E-state index in [1.54, 1.807) is 7.11 Å². The van der Waals surface area contributed by atoms with Gasteiger partial charge in [-0.1, -0.05) is 19.1 Å². The molecule has 8 heteroatoms. The van der Waals surface area contributed by atoms with Crippen LogP contribution in [0.4, 0.5) is 0 Å². The summed E-state index contributed by atoms with van der Waals surface area (Å²) in [7, 11) is 1.55. The van der Waals surface area contributed by atoms with Crippen LogP contribution in [0.3, 0.4) is 0 Å². The summed E-state index contributed by atoms with van der Waals surface area (Å²) in [5.74, 6) is -1.15. The van der Waals surface area contributed by atoms with Crippen molar-refractivity contribution in [2.45, 2.75) is 26.8 Å². The van der Waals surface area contributed by atoms with Crippen LogP contribution in [0.25, 0.3) is 0 Å². The lowest BCUT2D eigenvalue weighted by atomic mass is 10.1. The van der Waals surface area contributed by atoms with Crippen LogP contribution < -0.4 is 5.32 Å². The second kappa shape index (κ2) is 7.59. The van der Waals surface area contributed by atoms with Gasteiger partial charge in [-0.3, -0.25) is 4.79 Å². The summed E-state index contributed by atoms with van der Waals surface area (Å²) in [6.07, 6.45) is 0.500. The molecule has 2 N–H and O–H groups in total. The molecule has 0 aliphatic heterocycles. The molecule has 20 heavy (non-hydrogen) atoms. The van der Waals surface area contributed by atoms with E-state index >= 15 is 0 Å². The largest absolute Gasteiger partial charge is 0.476 e. The smallest absolute Gasteiger partial charge is 0.358 e. The van der Waals surface area contributed by atoms with Crippen LogP contribution in [0.1, 0.15) is 30.0 Å². The zero-order valence-electron chi connectivity index (χ0n) is 11.9. The van der Waals surface area contributed by atoms with E-state index in [0.717, 1.165) is 0 Å². The third-order valence-corrected chi connectivity index (χ3v) is 2.56. The van der Waals surface area contributed by atoms with Gasteiger partial charge in [-0.25, -0.2) is 9.48 Å². The summed E-state index contributed by atoms with van der Waals surface area (Å²) in [6, 6.07) is 0. The maximum atomic E-state index is 11.7. The number of carbonyl (C=O) groups excluding carboxylic acids is 1. The lowest BCUT2D eigenvalue weighted by molar-refractivity contribution is -0.122. The number of rotatable bonds is 8. The molecule has 1 aromatic rings. The molecule has 8 nitrogen and oxygen atoms in total. The minimum Gasteiger partial charge on any atom is -0.476 e. The van der Waals surface area contributed by atoms with Crippen LogP contribution in [-0.2, 0) is 22.5 Å². The average molecular weight is 284 g/mol. The number of amides is 1. The van der Waals surface area contributed by atoms with Crippen molar-refractivity contribution in [2.75, 3.05) is 20.3 Å². The molecular formula is C12H20N4O4. The zero-order valence-corrected chi connectivity index (χ0v) is 11.9. The second-order valence-corrected chi connectivity index (χ2v) is 4.79. The van der Waals surface area contributed by atoms with Gasteiger partial charge in [-0.05, 0) is 12.3 Å². The number of methoxy groups -OCH3 is 1. The number of hydrogen-bond acceptors (Lipinski definition) is 5. The molecule has 0 radical (unpaired) electrons. The third-order valence-electron chi connectivity index (χ3n) is 2.56. The van der Waals surface area contributed by atoms with Crippen molar-refractivity contribution in [2.24, 2.45) is 5.92 Å². The lowest BCUT2D eigenvalue weighted by Gasteiger charge is -2.09. The van der Waals surface area contributed by atoms with E-state index in [1.807, 2.05) is 13.8 Å². The number of hydrogen-bond donors (Lipinski definition) is 2. The number of carboxylic acid groups (broad SMARTS) is 1. The van der Waals surface area contributed by atoms with Gasteiger partial charge in [0.1, 0.15) is 6.54 Å². The van der Waals surface area contributed by atoms with Crippen molar-refractivity contribution in [3.05, 3.63) is 11.4 Å². The number of nitrogens with one attached hydrogen (secondary N) is 1. The molecule has 0 spiro atoms. The molecule has 0 unspecified atom stereocenters. The Labute approximate surface area is 117 Å². The summed E-state index contributed by atoms with van der Waals surface area (Å²) in [5.41, 5.74) is 0.373. The molecule has 0 saturated carbocycles. The molecule has 1 aromatic heterocycles. The molecule has 0 aromatic carbocycles. The van der Waals surface area contributed by atoms with Crippen LogP contribution in [-0.4, -0.2) is 52.2 Å². The maximum Gasteiger partial charge on any atom is 0.358 e. The van der Waals surface area contributed by atoms with Gasteiger partial charge in [0, 0.05) is 13.7 Å². The summed E-state index contributed by atoms with van der Waals surface area (Å²) < 4.78 is 6.17. The van der Waals surface area contributed by atoms with Crippen molar-refractivity contribution in [3.8, 4) is 0 Å². The van der Waals surface area contributed by atoms with Crippen LogP contribution >= 0.6 is 0 Å². The first kappa shape index (κ1) is 16.1. The average Bonchev–Trinajstić information content (AvgIpc) is 2.72. The molecule has 0 atom stereocenters. The summed E-state index contributed by atoms with van der Waals surface area (Å²) >= 11 is 0. The number of nitrogens with zero attached hydrogens (tertiary/aromatic N) is 3. The molecule has 0 aliphatic rings. The number of carbonyl (C=O) groups is 2. The molecule has 1 heterocycles. The first-order chi connectivity index (χ1) is 9.45. The molecule has 112 valence electrons. The fourth-order valence-corrected chi connectivity index (χ4v) is 1.70. The van der Waals surface area contributed by atoms with Crippen LogP contribution in [0, 0.1) is 5.92 Å². The van der Waals surface area contributed by atoms with Crippen molar-refractivity contribution < 1.29 is 19.4 Å². The van der Waals surface area contributed by atoms with Crippen LogP contribution in [0.5, 0.6) is 0 Å². The molecule has 0 aliphatic carbocycles. The van der Waals surface area contributed by atoms with Gasteiger partial charge < -0.3 is 15.2 Å². The van der Waals surface area contributed by atoms with Gasteiger partial charge in [0.05, 0.1) is 12.3 Å². The second-order valence-electron chi connectivity index (χ2n) is 4.79. The quantitative estimate of drug-likeness (QED) is 0.648. The standard InChI is InChI=1S/C12H20N4O4/c1-8(2)6-9-11(12(18)19)14-15-16(9)7-10(17)13-4-5-20-3/h8H,4-7H2,1-3H3,(H,13,17)(H,18,19). The molecule has 1 rings (SSSR count). The highest BCUT2D eigenvalue weighted by molar-refractivity contribution is 5.86. The summed E-state index contributed by atoms with van der Waals surface area (Å²) in [4.78, 5) is 22.8. The summed E-state index contributed by atoms with van der Waals surface area (Å²) in [5, 5.41) is 19.1. The minimum atomic E-state index is -1.13. The SMILES string of the molecule is COCCNC(=O)Cn1nnc(C(=O)O)c1CC(C)C. The number of carboxylic acids is 1. The zero-order chi connectivity index (χ0) is 15.1. The van der Waals surface area contributed by atoms with Gasteiger partial charge in [-0.15, -0.1) is 5.10 Å². The van der Waals surface area contributed by atoms with E-state index in [1.165, 1.54) is 4.68 Å². The lowest BCUT2D eigenvalue weighted by Crippen LogP contribution is -2.31. The molecule has 0 saturated heterocycles. The fraction of sp³-hybridized carbons (Fsp3) is 0.667. The van der Waals surface area contributed by atoms with E-state index in [-0.39, 0.29) is 24.1 Å². The Bertz CT molecular complexity index is 470. The first-order valence-corrected chi connectivity index (χ1v) is 6.37. The molecule has 0 fully saturated rings. The Kier molecular flexibility index (Phi) is 6.10. The van der Waals surface area contributed by atoms with Gasteiger partial charge in [0.15, 0.2) is 5.69 Å². The predicted molar refractivity (Wildman–Crippen MR) is 70.4 cm³/mol. The van der Waals surface area contributed by atoms with Crippen molar-refractivity contribution in [1.29, 1.82) is 0 Å². The minimum absolute atomic E-state index is 0.0496. The maximum absolute atomic E-state index is 11.7. The van der Waals surface area contributed by atoms with Crippen LogP contribution in [0.2, 0.25) is 0 Å². The first-order valence-electron chi connectivity index (χ1n) is 6.37. The molecule has 1 amide bonds. The Morgan fingerprint density at radius 3 is 2.70 bits per heavy atom. The van der Waals surface area contributed by atoms with E-state index in [2.05, 4.69) is 15.6 Å². The van der Waals surface area contributed by atoms with Gasteiger partial charge in [0.25, 0.3) is 0 Å². The van der Waals surface area contributed by atoms with E-state index in [4.69, 9.17) is 9.84 Å². The highest BCUT2D eigenvalue weighted by Crippen LogP contribution is 2.11. The number of ether oxygens (including phenoxy) is 1. The van der Waals surface area contributed by atoms with Crippen molar-refractivity contribution >= 4 is 11.9 Å². The van der Waals surface area contributed by atoms with Crippen molar-refractivity contribution in [3.63, 3.8) is 0 Å². The Balaban J connectivity index is 2.78. The van der Waals surface area contributed by atoms with E-state index in [9.17, 15) is 9.59 Å². The normalized spacial score (nSPS) is 10.8. The Hall–Kier alpha value is -1.96. The van der Waals surface area contributed by atoms with Crippen molar-refractivity contribution in [1.82, 2.24) is 20.3 Å². The third kappa shape index (κ3) is 4.61. The van der Waals surface area contributed by atoms with E-state index in [0.29, 0.717) is 25.3 Å². The van der Waals surface area contributed by atoms with Gasteiger partial charge >= 0.3 is 5.97 Å². The monoisotopic (exact) mass is 284 g/mol. The van der Waals surface area contributed by atoms with Crippen LogP contribution in [0.15, 0.2) is 0 Å². The topological polar surface area (TPSA) is 106 Å².